The van der Waals surface area contributed by atoms with E-state index in [4.69, 9.17) is 0 Å². The number of para-hydroxylation sites is 1. The van der Waals surface area contributed by atoms with Gasteiger partial charge < -0.3 is 4.74 Å². The molecule has 8 nitrogen and oxygen atoms in total. The van der Waals surface area contributed by atoms with Crippen molar-refractivity contribution in [3.05, 3.63) is 58.8 Å². The minimum absolute atomic E-state index is 0.215. The molecular formula is C18H17N5O3S. The molecule has 2 heterocycles. The number of nitrogens with one attached hydrogen (secondary N) is 1. The van der Waals surface area contributed by atoms with Gasteiger partial charge in [0.2, 0.25) is 5.95 Å². The number of hydrazone groups is 1. The SMILES string of the molecule is COC(=O)C=C1SC(=NNc2nc(C)cc(C)n2)N(c2ccccc2)C1=O. The van der Waals surface area contributed by atoms with Crippen LogP contribution in [0.3, 0.4) is 0 Å². The Labute approximate surface area is 160 Å². The Balaban J connectivity index is 1.95. The van der Waals surface area contributed by atoms with Crippen LogP contribution in [-0.4, -0.2) is 34.1 Å². The Morgan fingerprint density at radius 1 is 1.22 bits per heavy atom. The molecule has 0 atom stereocenters. The second-order valence-electron chi connectivity index (χ2n) is 5.59. The van der Waals surface area contributed by atoms with Crippen molar-refractivity contribution in [3.8, 4) is 0 Å². The fraction of sp³-hybridized carbons (Fsp3) is 0.167. The van der Waals surface area contributed by atoms with Crippen LogP contribution in [0.25, 0.3) is 0 Å². The number of aromatic nitrogens is 2. The molecule has 0 aliphatic carbocycles. The summed E-state index contributed by atoms with van der Waals surface area (Å²) in [6, 6.07) is 10.9. The van der Waals surface area contributed by atoms with Gasteiger partial charge in [-0.1, -0.05) is 18.2 Å². The Morgan fingerprint density at radius 3 is 2.52 bits per heavy atom. The fourth-order valence-electron chi connectivity index (χ4n) is 2.39. The standard InChI is InChI=1S/C18H17N5O3S/c1-11-9-12(2)20-17(19-11)21-22-18-23(13-7-5-4-6-8-13)16(25)14(27-18)10-15(24)26-3/h4-10H,1-3H3,(H,19,20,21). The first-order valence-electron chi connectivity index (χ1n) is 8.01. The van der Waals surface area contributed by atoms with E-state index in [2.05, 4.69) is 25.2 Å². The lowest BCUT2D eigenvalue weighted by Crippen LogP contribution is -2.29. The van der Waals surface area contributed by atoms with E-state index in [9.17, 15) is 9.59 Å². The smallest absolute Gasteiger partial charge is 0.331 e. The van der Waals surface area contributed by atoms with Gasteiger partial charge in [-0.25, -0.2) is 20.2 Å². The monoisotopic (exact) mass is 383 g/mol. The number of thioether (sulfide) groups is 1. The lowest BCUT2D eigenvalue weighted by molar-refractivity contribution is -0.135. The summed E-state index contributed by atoms with van der Waals surface area (Å²) in [7, 11) is 1.26. The molecule has 0 bridgehead atoms. The number of methoxy groups -OCH3 is 1. The third-order valence-corrected chi connectivity index (χ3v) is 4.47. The number of carbonyl (C=O) groups excluding carboxylic acids is 2. The summed E-state index contributed by atoms with van der Waals surface area (Å²) in [5, 5.41) is 4.64. The van der Waals surface area contributed by atoms with Crippen LogP contribution in [0.5, 0.6) is 0 Å². The molecule has 1 aliphatic rings. The van der Waals surface area contributed by atoms with Crippen LogP contribution in [0.1, 0.15) is 11.4 Å². The van der Waals surface area contributed by atoms with Crippen LogP contribution in [0.15, 0.2) is 52.5 Å². The van der Waals surface area contributed by atoms with Crippen LogP contribution in [0, 0.1) is 13.8 Å². The van der Waals surface area contributed by atoms with E-state index in [0.29, 0.717) is 16.8 Å². The number of rotatable bonds is 4. The molecular weight excluding hydrogens is 366 g/mol. The lowest BCUT2D eigenvalue weighted by atomic mass is 10.3. The first-order chi connectivity index (χ1) is 13.0. The molecule has 0 unspecified atom stereocenters. The molecule has 1 fully saturated rings. The molecule has 27 heavy (non-hydrogen) atoms. The van der Waals surface area contributed by atoms with Crippen molar-refractivity contribution < 1.29 is 14.3 Å². The maximum atomic E-state index is 12.8. The van der Waals surface area contributed by atoms with Gasteiger partial charge in [0.05, 0.1) is 17.7 Å². The molecule has 0 radical (unpaired) electrons. The van der Waals surface area contributed by atoms with Crippen LogP contribution in [0.2, 0.25) is 0 Å². The van der Waals surface area contributed by atoms with Gasteiger partial charge in [0, 0.05) is 17.5 Å². The second-order valence-corrected chi connectivity index (χ2v) is 6.60. The van der Waals surface area contributed by atoms with Gasteiger partial charge in [-0.15, -0.1) is 5.10 Å². The number of carbonyl (C=O) groups is 2. The Kier molecular flexibility index (Phi) is 5.51. The molecule has 0 spiro atoms. The van der Waals surface area contributed by atoms with Crippen molar-refractivity contribution >= 4 is 40.4 Å². The summed E-state index contributed by atoms with van der Waals surface area (Å²) < 4.78 is 4.62. The summed E-state index contributed by atoms with van der Waals surface area (Å²) >= 11 is 1.06. The van der Waals surface area contributed by atoms with Gasteiger partial charge in [0.25, 0.3) is 5.91 Å². The molecule has 1 N–H and O–H groups in total. The zero-order valence-corrected chi connectivity index (χ0v) is 15.8. The molecule has 0 saturated carbocycles. The average Bonchev–Trinajstić information content (AvgIpc) is 2.95. The number of nitrogens with zero attached hydrogens (tertiary/aromatic N) is 4. The van der Waals surface area contributed by atoms with E-state index in [1.165, 1.54) is 12.0 Å². The van der Waals surface area contributed by atoms with Crippen LogP contribution < -0.4 is 10.3 Å². The normalized spacial score (nSPS) is 16.9. The third kappa shape index (κ3) is 4.32. The van der Waals surface area contributed by atoms with Crippen molar-refractivity contribution in [2.24, 2.45) is 5.10 Å². The van der Waals surface area contributed by atoms with Gasteiger partial charge in [-0.3, -0.25) is 9.69 Å². The number of anilines is 2. The molecule has 1 amide bonds. The summed E-state index contributed by atoms with van der Waals surface area (Å²) in [5.41, 5.74) is 5.01. The maximum absolute atomic E-state index is 12.8. The predicted octanol–water partition coefficient (Wildman–Crippen LogP) is 2.61. The van der Waals surface area contributed by atoms with E-state index in [1.54, 1.807) is 12.1 Å². The van der Waals surface area contributed by atoms with Gasteiger partial charge in [0.1, 0.15) is 0 Å². The molecule has 1 aromatic heterocycles. The zero-order valence-electron chi connectivity index (χ0n) is 15.0. The quantitative estimate of drug-likeness (QED) is 0.492. The minimum atomic E-state index is -0.606. The first-order valence-corrected chi connectivity index (χ1v) is 8.82. The highest BCUT2D eigenvalue weighted by Crippen LogP contribution is 2.34. The second kappa shape index (κ2) is 8.00. The van der Waals surface area contributed by atoms with Crippen LogP contribution in [0.4, 0.5) is 11.6 Å². The largest absolute Gasteiger partial charge is 0.466 e. The molecule has 138 valence electrons. The molecule has 1 saturated heterocycles. The molecule has 1 aromatic carbocycles. The highest BCUT2D eigenvalue weighted by Gasteiger charge is 2.35. The van der Waals surface area contributed by atoms with E-state index >= 15 is 0 Å². The number of amidine groups is 1. The third-order valence-electron chi connectivity index (χ3n) is 3.50. The summed E-state index contributed by atoms with van der Waals surface area (Å²) in [6.45, 7) is 3.71. The molecule has 3 rings (SSSR count). The van der Waals surface area contributed by atoms with Gasteiger partial charge >= 0.3 is 5.97 Å². The minimum Gasteiger partial charge on any atom is -0.466 e. The summed E-state index contributed by atoms with van der Waals surface area (Å²) in [6.07, 6.45) is 1.15. The summed E-state index contributed by atoms with van der Waals surface area (Å²) in [5.74, 6) is -0.643. The molecule has 9 heteroatoms. The van der Waals surface area contributed by atoms with Crippen LogP contribution in [-0.2, 0) is 14.3 Å². The first kappa shape index (κ1) is 18.6. The number of benzene rings is 1. The Hall–Kier alpha value is -3.20. The number of aryl methyl sites for hydroxylation is 2. The van der Waals surface area contributed by atoms with Crippen molar-refractivity contribution in [2.75, 3.05) is 17.4 Å². The Bertz CT molecular complexity index is 923. The van der Waals surface area contributed by atoms with Gasteiger partial charge in [0.15, 0.2) is 5.17 Å². The van der Waals surface area contributed by atoms with Crippen molar-refractivity contribution in [1.82, 2.24) is 9.97 Å². The highest BCUT2D eigenvalue weighted by molar-refractivity contribution is 8.19. The van der Waals surface area contributed by atoms with E-state index in [0.717, 1.165) is 29.2 Å². The average molecular weight is 383 g/mol. The van der Waals surface area contributed by atoms with Crippen molar-refractivity contribution in [2.45, 2.75) is 13.8 Å². The van der Waals surface area contributed by atoms with Crippen LogP contribution >= 0.6 is 11.8 Å². The number of esters is 1. The van der Waals surface area contributed by atoms with Gasteiger partial charge in [-0.2, -0.15) is 0 Å². The highest BCUT2D eigenvalue weighted by atomic mass is 32.2. The van der Waals surface area contributed by atoms with E-state index in [-0.39, 0.29) is 10.8 Å². The van der Waals surface area contributed by atoms with Crippen molar-refractivity contribution in [1.29, 1.82) is 0 Å². The van der Waals surface area contributed by atoms with Crippen molar-refractivity contribution in [3.63, 3.8) is 0 Å². The van der Waals surface area contributed by atoms with Gasteiger partial charge in [-0.05, 0) is 43.8 Å². The zero-order chi connectivity index (χ0) is 19.4. The fourth-order valence-corrected chi connectivity index (χ4v) is 3.29. The maximum Gasteiger partial charge on any atom is 0.331 e. The molecule has 2 aromatic rings. The Morgan fingerprint density at radius 2 is 1.89 bits per heavy atom. The number of hydrogen-bond acceptors (Lipinski definition) is 8. The lowest BCUT2D eigenvalue weighted by Gasteiger charge is -2.15. The number of amides is 1. The van der Waals surface area contributed by atoms with E-state index < -0.39 is 5.97 Å². The topological polar surface area (TPSA) is 96.8 Å². The predicted molar refractivity (Wildman–Crippen MR) is 104 cm³/mol. The number of ether oxygens (including phenoxy) is 1. The summed E-state index contributed by atoms with van der Waals surface area (Å²) in [4.78, 5) is 34.5. The van der Waals surface area contributed by atoms with E-state index in [1.807, 2.05) is 38.1 Å². The number of hydrogen-bond donors (Lipinski definition) is 1. The molecule has 1 aliphatic heterocycles.